The molecule has 5 rings (SSSR count). The van der Waals surface area contributed by atoms with Crippen LogP contribution in [0.3, 0.4) is 0 Å². The van der Waals surface area contributed by atoms with Gasteiger partial charge in [-0.15, -0.1) is 0 Å². The van der Waals surface area contributed by atoms with Crippen molar-refractivity contribution in [2.75, 3.05) is 0 Å². The van der Waals surface area contributed by atoms with E-state index in [4.69, 9.17) is 11.6 Å². The van der Waals surface area contributed by atoms with Crippen LogP contribution in [0.25, 0.3) is 22.0 Å². The molecule has 3 aromatic carbocycles. The Balaban J connectivity index is 1.74. The highest BCUT2D eigenvalue weighted by Gasteiger charge is 2.35. The van der Waals surface area contributed by atoms with Gasteiger partial charge < -0.3 is 10.1 Å². The summed E-state index contributed by atoms with van der Waals surface area (Å²) in [6, 6.07) is 21.3. The largest absolute Gasteiger partial charge is 0.508 e. The molecule has 1 aliphatic heterocycles. The second-order valence-electron chi connectivity index (χ2n) is 8.17. The number of amides is 1. The summed E-state index contributed by atoms with van der Waals surface area (Å²) in [5.74, 6) is -0.100. The minimum Gasteiger partial charge on any atom is -0.508 e. The SMILES string of the molecule is CCC(=O)N1N=C(c2c(-c3ccc(Cl)cc3)c3ccccc3[nH]c2=O)C[C@@H]1c1ccccc1O. The van der Waals surface area contributed by atoms with Crippen molar-refractivity contribution >= 4 is 34.1 Å². The fourth-order valence-corrected chi connectivity index (χ4v) is 4.63. The minimum absolute atomic E-state index is 0.0863. The highest BCUT2D eigenvalue weighted by atomic mass is 35.5. The molecule has 4 aromatic rings. The molecular weight excluding hydrogens is 450 g/mol. The lowest BCUT2D eigenvalue weighted by atomic mass is 9.91. The number of benzene rings is 3. The summed E-state index contributed by atoms with van der Waals surface area (Å²) in [5, 5.41) is 18.0. The van der Waals surface area contributed by atoms with Crippen LogP contribution < -0.4 is 5.56 Å². The number of hydrazone groups is 1. The van der Waals surface area contributed by atoms with Crippen LogP contribution in [0.4, 0.5) is 0 Å². The van der Waals surface area contributed by atoms with E-state index in [-0.39, 0.29) is 23.6 Å². The summed E-state index contributed by atoms with van der Waals surface area (Å²) < 4.78 is 0. The van der Waals surface area contributed by atoms with Gasteiger partial charge in [0.05, 0.1) is 17.3 Å². The zero-order valence-electron chi connectivity index (χ0n) is 18.5. The Kier molecular flexibility index (Phi) is 5.67. The number of phenolic OH excluding ortho intramolecular Hbond substituents is 1. The molecule has 0 bridgehead atoms. The van der Waals surface area contributed by atoms with Gasteiger partial charge in [-0.25, -0.2) is 5.01 Å². The summed E-state index contributed by atoms with van der Waals surface area (Å²) in [7, 11) is 0. The molecule has 34 heavy (non-hydrogen) atoms. The fourth-order valence-electron chi connectivity index (χ4n) is 4.50. The summed E-state index contributed by atoms with van der Waals surface area (Å²) in [5.41, 5.74) is 3.47. The number of aromatic amines is 1. The van der Waals surface area contributed by atoms with Gasteiger partial charge in [-0.2, -0.15) is 5.10 Å². The van der Waals surface area contributed by atoms with E-state index in [9.17, 15) is 14.7 Å². The highest BCUT2D eigenvalue weighted by Crippen LogP contribution is 2.39. The van der Waals surface area contributed by atoms with Crippen LogP contribution in [0.15, 0.2) is 82.7 Å². The third-order valence-electron chi connectivity index (χ3n) is 6.11. The van der Waals surface area contributed by atoms with Crippen molar-refractivity contribution in [3.05, 3.63) is 99.3 Å². The van der Waals surface area contributed by atoms with Gasteiger partial charge in [0.1, 0.15) is 5.75 Å². The molecule has 7 heteroatoms. The van der Waals surface area contributed by atoms with Crippen LogP contribution in [-0.2, 0) is 4.79 Å². The molecule has 0 saturated heterocycles. The number of carbonyl (C=O) groups is 1. The normalized spacial score (nSPS) is 15.5. The lowest BCUT2D eigenvalue weighted by Crippen LogP contribution is -2.26. The van der Waals surface area contributed by atoms with Gasteiger partial charge in [0.25, 0.3) is 5.56 Å². The number of hydrogen-bond acceptors (Lipinski definition) is 4. The van der Waals surface area contributed by atoms with Crippen molar-refractivity contribution in [2.24, 2.45) is 5.10 Å². The Bertz CT molecular complexity index is 1490. The number of carbonyl (C=O) groups excluding carboxylic acids is 1. The van der Waals surface area contributed by atoms with Crippen LogP contribution in [0.1, 0.15) is 36.9 Å². The summed E-state index contributed by atoms with van der Waals surface area (Å²) in [6.07, 6.45) is 0.546. The standard InChI is InChI=1S/C27H22ClN3O3/c1-2-24(33)31-22(19-8-4-6-10-23(19)32)15-21(30-31)26-25(16-11-13-17(28)14-12-16)18-7-3-5-9-20(18)29-27(26)34/h3-14,22,32H,2,15H2,1H3,(H,29,34)/t22-/m1/s1. The van der Waals surface area contributed by atoms with E-state index < -0.39 is 6.04 Å². The maximum Gasteiger partial charge on any atom is 0.258 e. The number of hydrogen-bond donors (Lipinski definition) is 2. The van der Waals surface area contributed by atoms with E-state index in [1.165, 1.54) is 5.01 Å². The van der Waals surface area contributed by atoms with E-state index >= 15 is 0 Å². The Morgan fingerprint density at radius 3 is 2.50 bits per heavy atom. The quantitative estimate of drug-likeness (QED) is 0.403. The molecular formula is C27H22ClN3O3. The molecule has 0 saturated carbocycles. The average molecular weight is 472 g/mol. The van der Waals surface area contributed by atoms with Gasteiger partial charge in [-0.05, 0) is 29.8 Å². The number of nitrogens with zero attached hydrogens (tertiary/aromatic N) is 2. The van der Waals surface area contributed by atoms with Gasteiger partial charge in [0.2, 0.25) is 5.91 Å². The number of phenols is 1. The number of H-pyrrole nitrogens is 1. The lowest BCUT2D eigenvalue weighted by Gasteiger charge is -2.22. The van der Waals surface area contributed by atoms with Crippen LogP contribution in [-0.4, -0.2) is 26.7 Å². The minimum atomic E-state index is -0.507. The number of aromatic nitrogens is 1. The van der Waals surface area contributed by atoms with Crippen LogP contribution >= 0.6 is 11.6 Å². The van der Waals surface area contributed by atoms with Crippen molar-refractivity contribution in [3.63, 3.8) is 0 Å². The van der Waals surface area contributed by atoms with Crippen molar-refractivity contribution in [1.29, 1.82) is 0 Å². The van der Waals surface area contributed by atoms with E-state index in [0.717, 1.165) is 16.5 Å². The third-order valence-corrected chi connectivity index (χ3v) is 6.36. The monoisotopic (exact) mass is 471 g/mol. The molecule has 1 amide bonds. The van der Waals surface area contributed by atoms with Gasteiger partial charge >= 0.3 is 0 Å². The predicted molar refractivity (Wildman–Crippen MR) is 134 cm³/mol. The van der Waals surface area contributed by atoms with E-state index in [2.05, 4.69) is 10.1 Å². The molecule has 0 radical (unpaired) electrons. The third kappa shape index (κ3) is 3.76. The van der Waals surface area contributed by atoms with Crippen LogP contribution in [0.2, 0.25) is 5.02 Å². The Morgan fingerprint density at radius 2 is 1.76 bits per heavy atom. The number of nitrogens with one attached hydrogen (secondary N) is 1. The second kappa shape index (κ2) is 8.80. The first-order chi connectivity index (χ1) is 16.5. The molecule has 1 aromatic heterocycles. The van der Waals surface area contributed by atoms with Gasteiger partial charge in [0.15, 0.2) is 0 Å². The zero-order valence-corrected chi connectivity index (χ0v) is 19.2. The smallest absolute Gasteiger partial charge is 0.258 e. The Hall–Kier alpha value is -3.90. The topological polar surface area (TPSA) is 85.8 Å². The number of fused-ring (bicyclic) bond motifs is 1. The molecule has 1 aliphatic rings. The molecule has 170 valence electrons. The van der Waals surface area contributed by atoms with Crippen molar-refractivity contribution in [3.8, 4) is 16.9 Å². The second-order valence-corrected chi connectivity index (χ2v) is 8.61. The number of aromatic hydroxyl groups is 1. The van der Waals surface area contributed by atoms with E-state index in [1.807, 2.05) is 42.5 Å². The van der Waals surface area contributed by atoms with Gasteiger partial charge in [0, 0.05) is 39.9 Å². The number of halogens is 1. The summed E-state index contributed by atoms with van der Waals surface area (Å²) in [4.78, 5) is 29.2. The molecule has 0 fully saturated rings. The maximum absolute atomic E-state index is 13.4. The van der Waals surface area contributed by atoms with E-state index in [1.54, 1.807) is 37.3 Å². The first-order valence-electron chi connectivity index (χ1n) is 11.1. The van der Waals surface area contributed by atoms with E-state index in [0.29, 0.717) is 33.8 Å². The fraction of sp³-hybridized carbons (Fsp3) is 0.148. The lowest BCUT2D eigenvalue weighted by molar-refractivity contribution is -0.132. The zero-order chi connectivity index (χ0) is 23.8. The maximum atomic E-state index is 13.4. The van der Waals surface area contributed by atoms with Crippen molar-refractivity contribution < 1.29 is 9.90 Å². The number of pyridine rings is 1. The first kappa shape index (κ1) is 21.9. The summed E-state index contributed by atoms with van der Waals surface area (Å²) in [6.45, 7) is 1.76. The van der Waals surface area contributed by atoms with Crippen LogP contribution in [0, 0.1) is 0 Å². The molecule has 1 atom stereocenters. The van der Waals surface area contributed by atoms with Crippen LogP contribution in [0.5, 0.6) is 5.75 Å². The molecule has 0 aliphatic carbocycles. The molecule has 2 heterocycles. The predicted octanol–water partition coefficient (Wildman–Crippen LogP) is 5.64. The Morgan fingerprint density at radius 1 is 1.06 bits per heavy atom. The van der Waals surface area contributed by atoms with Crippen molar-refractivity contribution in [1.82, 2.24) is 9.99 Å². The first-order valence-corrected chi connectivity index (χ1v) is 11.4. The molecule has 0 spiro atoms. The van der Waals surface area contributed by atoms with Gasteiger partial charge in [-0.1, -0.05) is 67.1 Å². The number of para-hydroxylation sites is 2. The highest BCUT2D eigenvalue weighted by molar-refractivity contribution is 6.30. The average Bonchev–Trinajstić information content (AvgIpc) is 3.28. The van der Waals surface area contributed by atoms with Gasteiger partial charge in [-0.3, -0.25) is 9.59 Å². The molecule has 0 unspecified atom stereocenters. The molecule has 6 nitrogen and oxygen atoms in total. The molecule has 2 N–H and O–H groups in total. The number of rotatable bonds is 4. The Labute approximate surface area is 201 Å². The summed E-state index contributed by atoms with van der Waals surface area (Å²) >= 11 is 6.13. The van der Waals surface area contributed by atoms with Crippen molar-refractivity contribution in [2.45, 2.75) is 25.8 Å².